The Bertz CT molecular complexity index is 568. The first kappa shape index (κ1) is 19.2. The molecule has 0 fully saturated rings. The van der Waals surface area contributed by atoms with Gasteiger partial charge in [-0.15, -0.1) is 0 Å². The van der Waals surface area contributed by atoms with Crippen LogP contribution in [-0.2, 0) is 14.4 Å². The molecule has 0 bridgehead atoms. The van der Waals surface area contributed by atoms with Gasteiger partial charge in [0.1, 0.15) is 6.54 Å². The second kappa shape index (κ2) is 8.72. The van der Waals surface area contributed by atoms with Gasteiger partial charge in [0.15, 0.2) is 5.12 Å². The second-order valence-corrected chi connectivity index (χ2v) is 6.96. The van der Waals surface area contributed by atoms with E-state index in [0.717, 1.165) is 17.3 Å². The van der Waals surface area contributed by atoms with Crippen LogP contribution in [0.1, 0.15) is 39.2 Å². The normalized spacial score (nSPS) is 12.0. The summed E-state index contributed by atoms with van der Waals surface area (Å²) >= 11 is 1.07. The van der Waals surface area contributed by atoms with Crippen molar-refractivity contribution in [2.24, 2.45) is 5.92 Å². The summed E-state index contributed by atoms with van der Waals surface area (Å²) < 4.78 is 0. The lowest BCUT2D eigenvalue weighted by Crippen LogP contribution is -2.39. The molecule has 1 N–H and O–H groups in total. The highest BCUT2D eigenvalue weighted by atomic mass is 32.2. The van der Waals surface area contributed by atoms with Gasteiger partial charge in [0.25, 0.3) is 0 Å². The Labute approximate surface area is 141 Å². The highest BCUT2D eigenvalue weighted by molar-refractivity contribution is 8.13. The number of carbonyl (C=O) groups is 3. The van der Waals surface area contributed by atoms with Crippen LogP contribution in [0.15, 0.2) is 24.3 Å². The lowest BCUT2D eigenvalue weighted by atomic mass is 10.0. The standard InChI is InChI=1S/C17H23NO4S/c1-11(2)14-5-7-15(8-6-14)18(9-16(20)21)17(22)12(3)10-23-13(4)19/h5-8,11-12H,9-10H2,1-4H3,(H,20,21). The molecule has 0 spiro atoms. The second-order valence-electron chi connectivity index (χ2n) is 5.77. The van der Waals surface area contributed by atoms with E-state index in [1.165, 1.54) is 11.8 Å². The number of amides is 1. The van der Waals surface area contributed by atoms with Crippen LogP contribution in [-0.4, -0.2) is 34.4 Å². The quantitative estimate of drug-likeness (QED) is 0.827. The monoisotopic (exact) mass is 337 g/mol. The minimum Gasteiger partial charge on any atom is -0.480 e. The van der Waals surface area contributed by atoms with Crippen molar-refractivity contribution in [3.63, 3.8) is 0 Å². The van der Waals surface area contributed by atoms with Gasteiger partial charge >= 0.3 is 5.97 Å². The van der Waals surface area contributed by atoms with E-state index in [4.69, 9.17) is 5.11 Å². The van der Waals surface area contributed by atoms with Crippen molar-refractivity contribution in [2.75, 3.05) is 17.2 Å². The molecule has 0 saturated heterocycles. The van der Waals surface area contributed by atoms with Gasteiger partial charge in [0.2, 0.25) is 5.91 Å². The molecule has 1 amide bonds. The number of carbonyl (C=O) groups excluding carboxylic acids is 2. The number of nitrogens with zero attached hydrogens (tertiary/aromatic N) is 1. The first-order valence-electron chi connectivity index (χ1n) is 7.48. The van der Waals surface area contributed by atoms with Crippen molar-refractivity contribution in [1.29, 1.82) is 0 Å². The molecular weight excluding hydrogens is 314 g/mol. The zero-order valence-corrected chi connectivity index (χ0v) is 14.7. The largest absolute Gasteiger partial charge is 0.480 e. The molecule has 1 aromatic carbocycles. The first-order valence-corrected chi connectivity index (χ1v) is 8.47. The van der Waals surface area contributed by atoms with Gasteiger partial charge in [0.05, 0.1) is 0 Å². The summed E-state index contributed by atoms with van der Waals surface area (Å²) in [6.45, 7) is 6.89. The Balaban J connectivity index is 2.96. The fraction of sp³-hybridized carbons (Fsp3) is 0.471. The molecule has 0 heterocycles. The van der Waals surface area contributed by atoms with E-state index in [1.54, 1.807) is 19.1 Å². The van der Waals surface area contributed by atoms with E-state index in [9.17, 15) is 14.4 Å². The van der Waals surface area contributed by atoms with E-state index >= 15 is 0 Å². The Morgan fingerprint density at radius 2 is 1.70 bits per heavy atom. The summed E-state index contributed by atoms with van der Waals surface area (Å²) in [4.78, 5) is 35.9. The molecular formula is C17H23NO4S. The molecule has 1 rings (SSSR count). The van der Waals surface area contributed by atoms with Gasteiger partial charge < -0.3 is 10.0 Å². The number of carboxylic acids is 1. The van der Waals surface area contributed by atoms with Gasteiger partial charge in [-0.3, -0.25) is 14.4 Å². The SMILES string of the molecule is CC(=O)SCC(C)C(=O)N(CC(=O)O)c1ccc(C(C)C)cc1. The third kappa shape index (κ3) is 6.06. The Morgan fingerprint density at radius 1 is 1.13 bits per heavy atom. The van der Waals surface area contributed by atoms with E-state index in [-0.39, 0.29) is 11.0 Å². The molecule has 0 aliphatic rings. The Morgan fingerprint density at radius 3 is 2.13 bits per heavy atom. The van der Waals surface area contributed by atoms with Gasteiger partial charge in [-0.2, -0.15) is 0 Å². The summed E-state index contributed by atoms with van der Waals surface area (Å²) in [5.41, 5.74) is 1.68. The van der Waals surface area contributed by atoms with Crippen molar-refractivity contribution in [2.45, 2.75) is 33.6 Å². The van der Waals surface area contributed by atoms with Crippen molar-refractivity contribution in [1.82, 2.24) is 0 Å². The Hall–Kier alpha value is -1.82. The predicted molar refractivity (Wildman–Crippen MR) is 92.8 cm³/mol. The van der Waals surface area contributed by atoms with Crippen LogP contribution in [0.2, 0.25) is 0 Å². The number of thioether (sulfide) groups is 1. The van der Waals surface area contributed by atoms with E-state index in [1.807, 2.05) is 12.1 Å². The minimum absolute atomic E-state index is 0.0595. The van der Waals surface area contributed by atoms with Gasteiger partial charge in [0, 0.05) is 24.3 Å². The smallest absolute Gasteiger partial charge is 0.323 e. The number of rotatable bonds is 7. The van der Waals surface area contributed by atoms with Crippen LogP contribution in [0, 0.1) is 5.92 Å². The number of aliphatic carboxylic acids is 1. The minimum atomic E-state index is -1.07. The van der Waals surface area contributed by atoms with Crippen molar-refractivity contribution in [3.8, 4) is 0 Å². The summed E-state index contributed by atoms with van der Waals surface area (Å²) in [5.74, 6) is -1.10. The molecule has 1 aromatic rings. The van der Waals surface area contributed by atoms with Crippen LogP contribution in [0.25, 0.3) is 0 Å². The summed E-state index contributed by atoms with van der Waals surface area (Å²) in [7, 11) is 0. The molecule has 5 nitrogen and oxygen atoms in total. The Kier molecular flexibility index (Phi) is 7.29. The summed E-state index contributed by atoms with van der Waals surface area (Å²) in [6.07, 6.45) is 0. The number of hydrogen-bond acceptors (Lipinski definition) is 4. The van der Waals surface area contributed by atoms with E-state index < -0.39 is 18.4 Å². The highest BCUT2D eigenvalue weighted by Crippen LogP contribution is 2.22. The zero-order valence-electron chi connectivity index (χ0n) is 13.9. The third-order valence-electron chi connectivity index (χ3n) is 3.39. The molecule has 0 aromatic heterocycles. The molecule has 6 heteroatoms. The van der Waals surface area contributed by atoms with Gasteiger partial charge in [-0.1, -0.05) is 44.7 Å². The topological polar surface area (TPSA) is 74.7 Å². The highest BCUT2D eigenvalue weighted by Gasteiger charge is 2.24. The maximum absolute atomic E-state index is 12.5. The summed E-state index contributed by atoms with van der Waals surface area (Å²) in [5, 5.41) is 9.02. The van der Waals surface area contributed by atoms with E-state index in [2.05, 4.69) is 13.8 Å². The average molecular weight is 337 g/mol. The molecule has 0 saturated carbocycles. The first-order chi connectivity index (χ1) is 10.7. The fourth-order valence-electron chi connectivity index (χ4n) is 2.05. The fourth-order valence-corrected chi connectivity index (χ4v) is 2.68. The molecule has 0 aliphatic heterocycles. The number of anilines is 1. The molecule has 0 radical (unpaired) electrons. The molecule has 1 unspecified atom stereocenters. The zero-order chi connectivity index (χ0) is 17.6. The molecule has 0 aliphatic carbocycles. The van der Waals surface area contributed by atoms with Crippen LogP contribution in [0.3, 0.4) is 0 Å². The van der Waals surface area contributed by atoms with Crippen LogP contribution >= 0.6 is 11.8 Å². The predicted octanol–water partition coefficient (Wildman–Crippen LogP) is 3.14. The van der Waals surface area contributed by atoms with Gasteiger partial charge in [-0.05, 0) is 23.6 Å². The van der Waals surface area contributed by atoms with Crippen LogP contribution < -0.4 is 4.90 Å². The molecule has 23 heavy (non-hydrogen) atoms. The van der Waals surface area contributed by atoms with Crippen molar-refractivity contribution < 1.29 is 19.5 Å². The third-order valence-corrected chi connectivity index (χ3v) is 4.46. The van der Waals surface area contributed by atoms with Gasteiger partial charge in [-0.25, -0.2) is 0 Å². The molecule has 126 valence electrons. The lowest BCUT2D eigenvalue weighted by Gasteiger charge is -2.24. The van der Waals surface area contributed by atoms with Crippen LogP contribution in [0.5, 0.6) is 0 Å². The lowest BCUT2D eigenvalue weighted by molar-refractivity contribution is -0.137. The van der Waals surface area contributed by atoms with Crippen molar-refractivity contribution in [3.05, 3.63) is 29.8 Å². The van der Waals surface area contributed by atoms with Crippen molar-refractivity contribution >= 4 is 34.4 Å². The number of carboxylic acid groups (broad SMARTS) is 1. The maximum Gasteiger partial charge on any atom is 0.323 e. The average Bonchev–Trinajstić information content (AvgIpc) is 2.49. The number of hydrogen-bond donors (Lipinski definition) is 1. The van der Waals surface area contributed by atoms with Crippen LogP contribution in [0.4, 0.5) is 5.69 Å². The number of benzene rings is 1. The maximum atomic E-state index is 12.5. The van der Waals surface area contributed by atoms with E-state index in [0.29, 0.717) is 17.4 Å². The summed E-state index contributed by atoms with van der Waals surface area (Å²) in [6, 6.07) is 7.33. The molecule has 1 atom stereocenters.